The fourth-order valence-corrected chi connectivity index (χ4v) is 3.35. The van der Waals surface area contributed by atoms with Gasteiger partial charge in [-0.1, -0.05) is 31.3 Å². The van der Waals surface area contributed by atoms with Crippen molar-refractivity contribution in [3.8, 4) is 11.5 Å². The molecule has 0 fully saturated rings. The molecule has 2 aromatic carbocycles. The lowest BCUT2D eigenvalue weighted by Gasteiger charge is -2.14. The third-order valence-corrected chi connectivity index (χ3v) is 4.10. The van der Waals surface area contributed by atoms with Gasteiger partial charge in [0.15, 0.2) is 0 Å². The number of ether oxygens (including phenoxy) is 1. The highest BCUT2D eigenvalue weighted by Gasteiger charge is 2.13. The third kappa shape index (κ3) is 3.99. The Kier molecular flexibility index (Phi) is 5.26. The van der Waals surface area contributed by atoms with Crippen molar-refractivity contribution in [2.24, 2.45) is 5.73 Å². The molecule has 0 unspecified atom stereocenters. The molecule has 110 valence electrons. The Balaban J connectivity index is 2.43. The summed E-state index contributed by atoms with van der Waals surface area (Å²) < 4.78 is 6.04. The number of nitrogens with two attached hydrogens (primary N) is 1. The van der Waals surface area contributed by atoms with Crippen LogP contribution in [0.15, 0.2) is 41.3 Å². The molecule has 0 atom stereocenters. The van der Waals surface area contributed by atoms with Crippen LogP contribution < -0.4 is 10.5 Å². The van der Waals surface area contributed by atoms with Crippen molar-refractivity contribution < 1.29 is 4.74 Å². The Morgan fingerprint density at radius 2 is 1.86 bits per heavy atom. The van der Waals surface area contributed by atoms with Crippen molar-refractivity contribution in [1.29, 1.82) is 0 Å². The van der Waals surface area contributed by atoms with Gasteiger partial charge in [-0.3, -0.25) is 0 Å². The van der Waals surface area contributed by atoms with E-state index in [9.17, 15) is 0 Å². The molecule has 0 radical (unpaired) electrons. The average molecular weight is 317 g/mol. The summed E-state index contributed by atoms with van der Waals surface area (Å²) in [6, 6.07) is 12.0. The molecule has 2 rings (SSSR count). The minimum absolute atomic E-state index is 0.367. The molecule has 0 heterocycles. The van der Waals surface area contributed by atoms with Crippen LogP contribution in [0.4, 0.5) is 0 Å². The molecule has 0 aliphatic carbocycles. The normalized spacial score (nSPS) is 10.4. The minimum atomic E-state index is 0.367. The van der Waals surface area contributed by atoms with E-state index in [0.29, 0.717) is 10.7 Å². The van der Waals surface area contributed by atoms with Gasteiger partial charge in [0.05, 0.1) is 5.56 Å². The summed E-state index contributed by atoms with van der Waals surface area (Å²) in [6.07, 6.45) is 0. The van der Waals surface area contributed by atoms with Crippen molar-refractivity contribution in [3.63, 3.8) is 0 Å². The van der Waals surface area contributed by atoms with Crippen LogP contribution in [0.25, 0.3) is 0 Å². The number of thiocarbonyl (C=S) groups is 1. The second-order valence-electron chi connectivity index (χ2n) is 4.85. The highest BCUT2D eigenvalue weighted by molar-refractivity contribution is 7.99. The van der Waals surface area contributed by atoms with Crippen molar-refractivity contribution in [2.75, 3.05) is 5.75 Å². The molecular weight excluding hydrogens is 298 g/mol. The molecule has 0 amide bonds. The summed E-state index contributed by atoms with van der Waals surface area (Å²) in [6.45, 7) is 6.21. The van der Waals surface area contributed by atoms with Crippen LogP contribution in [0.3, 0.4) is 0 Å². The lowest BCUT2D eigenvalue weighted by atomic mass is 10.1. The summed E-state index contributed by atoms with van der Waals surface area (Å²) in [4.78, 5) is 1.43. The number of rotatable bonds is 5. The summed E-state index contributed by atoms with van der Waals surface area (Å²) in [5, 5.41) is 0. The molecule has 0 aliphatic rings. The van der Waals surface area contributed by atoms with Gasteiger partial charge in [-0.05, 0) is 55.0 Å². The Morgan fingerprint density at radius 3 is 2.43 bits per heavy atom. The first-order chi connectivity index (χ1) is 10.0. The van der Waals surface area contributed by atoms with E-state index in [4.69, 9.17) is 22.7 Å². The van der Waals surface area contributed by atoms with Crippen LogP contribution in [0.2, 0.25) is 0 Å². The van der Waals surface area contributed by atoms with E-state index in [-0.39, 0.29) is 0 Å². The molecule has 21 heavy (non-hydrogen) atoms. The average Bonchev–Trinajstić information content (AvgIpc) is 2.37. The second-order valence-corrected chi connectivity index (χ2v) is 6.60. The molecule has 0 aliphatic heterocycles. The molecule has 2 nitrogen and oxygen atoms in total. The summed E-state index contributed by atoms with van der Waals surface area (Å²) >= 11 is 6.92. The van der Waals surface area contributed by atoms with Gasteiger partial charge in [0.25, 0.3) is 0 Å². The maximum atomic E-state index is 6.04. The van der Waals surface area contributed by atoms with Gasteiger partial charge >= 0.3 is 0 Å². The van der Waals surface area contributed by atoms with Gasteiger partial charge in [-0.15, -0.1) is 11.8 Å². The standard InChI is InChI=1S/C17H19NOS2/c1-4-21-15-7-5-6-14(16(15)17(18)20)19-13-9-11(2)8-12(3)10-13/h5-10H,4H2,1-3H3,(H2,18,20). The van der Waals surface area contributed by atoms with Crippen molar-refractivity contribution >= 4 is 29.0 Å². The maximum absolute atomic E-state index is 6.04. The number of aryl methyl sites for hydroxylation is 2. The van der Waals surface area contributed by atoms with Gasteiger partial charge in [0.1, 0.15) is 16.5 Å². The van der Waals surface area contributed by atoms with E-state index in [2.05, 4.69) is 26.8 Å². The van der Waals surface area contributed by atoms with Gasteiger partial charge in [-0.25, -0.2) is 0 Å². The van der Waals surface area contributed by atoms with Gasteiger partial charge in [0, 0.05) is 4.90 Å². The molecule has 0 bridgehead atoms. The zero-order valence-corrected chi connectivity index (χ0v) is 14.1. The lowest BCUT2D eigenvalue weighted by molar-refractivity contribution is 0.479. The smallest absolute Gasteiger partial charge is 0.138 e. The SMILES string of the molecule is CCSc1cccc(Oc2cc(C)cc(C)c2)c1C(N)=S. The Morgan fingerprint density at radius 1 is 1.19 bits per heavy atom. The summed E-state index contributed by atoms with van der Waals surface area (Å²) in [5.41, 5.74) is 9.05. The largest absolute Gasteiger partial charge is 0.457 e. The molecule has 2 aromatic rings. The molecule has 0 saturated heterocycles. The van der Waals surface area contributed by atoms with Gasteiger partial charge in [-0.2, -0.15) is 0 Å². The van der Waals surface area contributed by atoms with E-state index < -0.39 is 0 Å². The van der Waals surface area contributed by atoms with Crippen molar-refractivity contribution in [3.05, 3.63) is 53.1 Å². The fourth-order valence-electron chi connectivity index (χ4n) is 2.23. The third-order valence-electron chi connectivity index (χ3n) is 2.96. The minimum Gasteiger partial charge on any atom is -0.457 e. The Labute approximate surface area is 135 Å². The summed E-state index contributed by atoms with van der Waals surface area (Å²) in [5.74, 6) is 2.48. The maximum Gasteiger partial charge on any atom is 0.138 e. The molecule has 2 N–H and O–H groups in total. The Hall–Kier alpha value is -1.52. The summed E-state index contributed by atoms with van der Waals surface area (Å²) in [7, 11) is 0. The zero-order chi connectivity index (χ0) is 15.4. The number of benzene rings is 2. The predicted octanol–water partition coefficient (Wildman–Crippen LogP) is 4.84. The molecular formula is C17H19NOS2. The fraction of sp³-hybridized carbons (Fsp3) is 0.235. The quantitative estimate of drug-likeness (QED) is 0.632. The monoisotopic (exact) mass is 317 g/mol. The Bertz CT molecular complexity index is 648. The van der Waals surface area contributed by atoms with Crippen LogP contribution in [0, 0.1) is 13.8 Å². The number of thioether (sulfide) groups is 1. The zero-order valence-electron chi connectivity index (χ0n) is 12.5. The topological polar surface area (TPSA) is 35.2 Å². The number of hydrogen-bond donors (Lipinski definition) is 1. The van der Waals surface area contributed by atoms with E-state index in [0.717, 1.165) is 22.0 Å². The molecule has 0 aromatic heterocycles. The van der Waals surface area contributed by atoms with E-state index >= 15 is 0 Å². The molecule has 0 saturated carbocycles. The second kappa shape index (κ2) is 6.96. The lowest BCUT2D eigenvalue weighted by Crippen LogP contribution is -2.12. The first kappa shape index (κ1) is 15.9. The van der Waals surface area contributed by atoms with Gasteiger partial charge < -0.3 is 10.5 Å². The van der Waals surface area contributed by atoms with Crippen molar-refractivity contribution in [2.45, 2.75) is 25.7 Å². The van der Waals surface area contributed by atoms with Crippen LogP contribution in [-0.2, 0) is 0 Å². The van der Waals surface area contributed by atoms with Crippen molar-refractivity contribution in [1.82, 2.24) is 0 Å². The predicted molar refractivity (Wildman–Crippen MR) is 94.7 cm³/mol. The van der Waals surface area contributed by atoms with Gasteiger partial charge in [0.2, 0.25) is 0 Å². The number of hydrogen-bond acceptors (Lipinski definition) is 3. The molecule has 0 spiro atoms. The first-order valence-corrected chi connectivity index (χ1v) is 8.22. The highest BCUT2D eigenvalue weighted by atomic mass is 32.2. The molecule has 4 heteroatoms. The van der Waals surface area contributed by atoms with E-state index in [1.54, 1.807) is 11.8 Å². The van der Waals surface area contributed by atoms with Crippen LogP contribution in [-0.4, -0.2) is 10.7 Å². The highest BCUT2D eigenvalue weighted by Crippen LogP contribution is 2.33. The van der Waals surface area contributed by atoms with E-state index in [1.807, 2.05) is 30.3 Å². The van der Waals surface area contributed by atoms with Crippen LogP contribution in [0.5, 0.6) is 11.5 Å². The van der Waals surface area contributed by atoms with Crippen LogP contribution >= 0.6 is 24.0 Å². The van der Waals surface area contributed by atoms with Crippen LogP contribution in [0.1, 0.15) is 23.6 Å². The van der Waals surface area contributed by atoms with E-state index in [1.165, 1.54) is 11.1 Å². The first-order valence-electron chi connectivity index (χ1n) is 6.83.